The Morgan fingerprint density at radius 1 is 1.26 bits per heavy atom. The van der Waals surface area contributed by atoms with Gasteiger partial charge in [-0.15, -0.1) is 0 Å². The maximum Gasteiger partial charge on any atom is 0.218 e. The predicted octanol–water partition coefficient (Wildman–Crippen LogP) is 1.53. The minimum atomic E-state index is -0.258. The van der Waals surface area contributed by atoms with Gasteiger partial charge in [0, 0.05) is 25.6 Å². The van der Waals surface area contributed by atoms with Crippen molar-refractivity contribution in [2.24, 2.45) is 5.73 Å². The molecule has 0 fully saturated rings. The summed E-state index contributed by atoms with van der Waals surface area (Å²) in [5, 5.41) is 3.32. The van der Waals surface area contributed by atoms with E-state index in [2.05, 4.69) is 48.3 Å². The molecule has 0 aliphatic heterocycles. The standard InChI is InChI=1S/C15H25N3O/c1-3-18(4-2)14(12-17-11-10-15(16)19)13-8-6-5-7-9-13/h5-9,14,17H,3-4,10-12H2,1-2H3,(H2,16,19). The molecule has 0 heterocycles. The lowest BCUT2D eigenvalue weighted by atomic mass is 10.1. The number of carbonyl (C=O) groups excluding carboxylic acids is 1. The van der Waals surface area contributed by atoms with Crippen LogP contribution in [0, 0.1) is 0 Å². The number of amides is 1. The van der Waals surface area contributed by atoms with E-state index in [0.29, 0.717) is 19.0 Å². The maximum absolute atomic E-state index is 10.7. The number of benzene rings is 1. The summed E-state index contributed by atoms with van der Waals surface area (Å²) in [6.45, 7) is 7.83. The van der Waals surface area contributed by atoms with Crippen LogP contribution in [0.25, 0.3) is 0 Å². The fraction of sp³-hybridized carbons (Fsp3) is 0.533. The smallest absolute Gasteiger partial charge is 0.218 e. The van der Waals surface area contributed by atoms with Crippen LogP contribution in [0.2, 0.25) is 0 Å². The van der Waals surface area contributed by atoms with Crippen LogP contribution >= 0.6 is 0 Å². The highest BCUT2D eigenvalue weighted by Gasteiger charge is 2.16. The third-order valence-corrected chi connectivity index (χ3v) is 3.32. The van der Waals surface area contributed by atoms with E-state index in [9.17, 15) is 4.79 Å². The highest BCUT2D eigenvalue weighted by molar-refractivity contribution is 5.73. The van der Waals surface area contributed by atoms with Gasteiger partial charge in [-0.3, -0.25) is 9.69 Å². The molecule has 1 atom stereocenters. The first-order valence-electron chi connectivity index (χ1n) is 6.97. The average molecular weight is 263 g/mol. The van der Waals surface area contributed by atoms with Gasteiger partial charge in [0.05, 0.1) is 0 Å². The van der Waals surface area contributed by atoms with Crippen LogP contribution in [-0.4, -0.2) is 37.0 Å². The van der Waals surface area contributed by atoms with E-state index in [1.807, 2.05) is 6.07 Å². The van der Waals surface area contributed by atoms with Crippen molar-refractivity contribution in [1.29, 1.82) is 0 Å². The Balaban J connectivity index is 2.62. The van der Waals surface area contributed by atoms with Crippen LogP contribution in [0.4, 0.5) is 0 Å². The van der Waals surface area contributed by atoms with Gasteiger partial charge in [0.2, 0.25) is 5.91 Å². The molecule has 0 saturated carbocycles. The van der Waals surface area contributed by atoms with E-state index >= 15 is 0 Å². The fourth-order valence-corrected chi connectivity index (χ4v) is 2.25. The first-order valence-corrected chi connectivity index (χ1v) is 6.97. The largest absolute Gasteiger partial charge is 0.370 e. The zero-order chi connectivity index (χ0) is 14.1. The number of primary amides is 1. The molecule has 3 N–H and O–H groups in total. The van der Waals surface area contributed by atoms with Crippen LogP contribution in [0.1, 0.15) is 31.9 Å². The number of nitrogens with one attached hydrogen (secondary N) is 1. The van der Waals surface area contributed by atoms with E-state index in [-0.39, 0.29) is 5.91 Å². The lowest BCUT2D eigenvalue weighted by molar-refractivity contribution is -0.117. The van der Waals surface area contributed by atoms with Crippen molar-refractivity contribution >= 4 is 5.91 Å². The van der Waals surface area contributed by atoms with Gasteiger partial charge in [-0.1, -0.05) is 44.2 Å². The molecule has 0 bridgehead atoms. The summed E-state index contributed by atoms with van der Waals surface area (Å²) in [7, 11) is 0. The van der Waals surface area contributed by atoms with E-state index in [1.54, 1.807) is 0 Å². The van der Waals surface area contributed by atoms with Crippen LogP contribution in [0.15, 0.2) is 30.3 Å². The van der Waals surface area contributed by atoms with Crippen molar-refractivity contribution in [3.8, 4) is 0 Å². The molecule has 4 heteroatoms. The first-order chi connectivity index (χ1) is 9.19. The number of hydrogen-bond donors (Lipinski definition) is 2. The third-order valence-electron chi connectivity index (χ3n) is 3.32. The Hall–Kier alpha value is -1.39. The molecule has 1 rings (SSSR count). The van der Waals surface area contributed by atoms with Crippen LogP contribution in [0.3, 0.4) is 0 Å². The van der Waals surface area contributed by atoms with Crippen molar-refractivity contribution in [1.82, 2.24) is 10.2 Å². The molecule has 0 aliphatic carbocycles. The van der Waals surface area contributed by atoms with E-state index in [4.69, 9.17) is 5.73 Å². The highest BCUT2D eigenvalue weighted by atomic mass is 16.1. The summed E-state index contributed by atoms with van der Waals surface area (Å²) in [4.78, 5) is 13.1. The zero-order valence-corrected chi connectivity index (χ0v) is 11.9. The topological polar surface area (TPSA) is 58.4 Å². The van der Waals surface area contributed by atoms with Crippen molar-refractivity contribution in [3.63, 3.8) is 0 Å². The zero-order valence-electron chi connectivity index (χ0n) is 11.9. The van der Waals surface area contributed by atoms with Crippen LogP contribution < -0.4 is 11.1 Å². The second-order valence-corrected chi connectivity index (χ2v) is 4.57. The summed E-state index contributed by atoms with van der Waals surface area (Å²) in [6.07, 6.45) is 0.389. The fourth-order valence-electron chi connectivity index (χ4n) is 2.25. The molecule has 19 heavy (non-hydrogen) atoms. The Bertz CT molecular complexity index is 363. The molecule has 0 radical (unpaired) electrons. The number of carbonyl (C=O) groups is 1. The molecule has 0 aliphatic rings. The van der Waals surface area contributed by atoms with Gasteiger partial charge < -0.3 is 11.1 Å². The van der Waals surface area contributed by atoms with E-state index in [1.165, 1.54) is 5.56 Å². The Kier molecular flexibility index (Phi) is 7.15. The van der Waals surface area contributed by atoms with Gasteiger partial charge in [0.25, 0.3) is 0 Å². The summed E-state index contributed by atoms with van der Waals surface area (Å²) in [5.74, 6) is -0.258. The van der Waals surface area contributed by atoms with Gasteiger partial charge in [-0.2, -0.15) is 0 Å². The average Bonchev–Trinajstić information content (AvgIpc) is 2.43. The molecule has 1 amide bonds. The van der Waals surface area contributed by atoms with Crippen LogP contribution in [0.5, 0.6) is 0 Å². The van der Waals surface area contributed by atoms with Gasteiger partial charge in [-0.25, -0.2) is 0 Å². The van der Waals surface area contributed by atoms with Crippen molar-refractivity contribution in [2.75, 3.05) is 26.2 Å². The first kappa shape index (κ1) is 15.7. The molecular formula is C15H25N3O. The highest BCUT2D eigenvalue weighted by Crippen LogP contribution is 2.19. The molecule has 0 saturated heterocycles. The summed E-state index contributed by atoms with van der Waals surface area (Å²) in [5.41, 5.74) is 6.45. The summed E-state index contributed by atoms with van der Waals surface area (Å²) in [6, 6.07) is 10.8. The quantitative estimate of drug-likeness (QED) is 0.664. The van der Waals surface area contributed by atoms with Crippen molar-refractivity contribution < 1.29 is 4.79 Å². The molecule has 0 aromatic heterocycles. The van der Waals surface area contributed by atoms with Crippen LogP contribution in [-0.2, 0) is 4.79 Å². The lowest BCUT2D eigenvalue weighted by Gasteiger charge is -2.30. The molecule has 0 spiro atoms. The van der Waals surface area contributed by atoms with E-state index in [0.717, 1.165) is 19.6 Å². The minimum absolute atomic E-state index is 0.258. The minimum Gasteiger partial charge on any atom is -0.370 e. The molecular weight excluding hydrogens is 238 g/mol. The Morgan fingerprint density at radius 3 is 2.42 bits per heavy atom. The lowest BCUT2D eigenvalue weighted by Crippen LogP contribution is -2.36. The Labute approximate surface area is 116 Å². The molecule has 4 nitrogen and oxygen atoms in total. The maximum atomic E-state index is 10.7. The van der Waals surface area contributed by atoms with Gasteiger partial charge in [-0.05, 0) is 18.7 Å². The number of rotatable bonds is 9. The number of likely N-dealkylation sites (N-methyl/N-ethyl adjacent to an activating group) is 1. The van der Waals surface area contributed by atoms with Gasteiger partial charge in [0.15, 0.2) is 0 Å². The monoisotopic (exact) mass is 263 g/mol. The number of hydrogen-bond acceptors (Lipinski definition) is 3. The Morgan fingerprint density at radius 2 is 1.89 bits per heavy atom. The molecule has 106 valence electrons. The second-order valence-electron chi connectivity index (χ2n) is 4.57. The second kappa shape index (κ2) is 8.67. The van der Waals surface area contributed by atoms with Gasteiger partial charge >= 0.3 is 0 Å². The number of nitrogens with zero attached hydrogens (tertiary/aromatic N) is 1. The SMILES string of the molecule is CCN(CC)C(CNCCC(N)=O)c1ccccc1. The summed E-state index contributed by atoms with van der Waals surface area (Å²) >= 11 is 0. The van der Waals surface area contributed by atoms with Crippen molar-refractivity contribution in [3.05, 3.63) is 35.9 Å². The van der Waals surface area contributed by atoms with Crippen molar-refractivity contribution in [2.45, 2.75) is 26.3 Å². The molecule has 1 aromatic rings. The number of nitrogens with two attached hydrogens (primary N) is 1. The molecule has 1 unspecified atom stereocenters. The summed E-state index contributed by atoms with van der Waals surface area (Å²) < 4.78 is 0. The van der Waals surface area contributed by atoms with E-state index < -0.39 is 0 Å². The normalized spacial score (nSPS) is 12.6. The predicted molar refractivity (Wildman–Crippen MR) is 78.8 cm³/mol. The third kappa shape index (κ3) is 5.41. The van der Waals surface area contributed by atoms with Gasteiger partial charge in [0.1, 0.15) is 0 Å². The molecule has 1 aromatic carbocycles.